The Balaban J connectivity index is 1.55. The molecule has 0 saturated carbocycles. The van der Waals surface area contributed by atoms with Gasteiger partial charge in [-0.05, 0) is 40.2 Å². The van der Waals surface area contributed by atoms with Crippen molar-refractivity contribution >= 4 is 5.97 Å². The lowest BCUT2D eigenvalue weighted by molar-refractivity contribution is -0.159. The van der Waals surface area contributed by atoms with E-state index >= 15 is 0 Å². The van der Waals surface area contributed by atoms with E-state index in [9.17, 15) is 4.79 Å². The van der Waals surface area contributed by atoms with E-state index in [4.69, 9.17) is 9.26 Å². The number of hydrogen-bond acceptors (Lipinski definition) is 6. The average Bonchev–Trinajstić information content (AvgIpc) is 3.44. The Kier molecular flexibility index (Phi) is 6.74. The molecular formula is C25H32N4O3. The third-order valence-corrected chi connectivity index (χ3v) is 6.31. The molecule has 2 aromatic heterocycles. The molecule has 0 aliphatic carbocycles. The summed E-state index contributed by atoms with van der Waals surface area (Å²) in [6.45, 7) is 9.61. The van der Waals surface area contributed by atoms with Gasteiger partial charge >= 0.3 is 5.97 Å². The highest BCUT2D eigenvalue weighted by molar-refractivity contribution is 5.77. The van der Waals surface area contributed by atoms with Crippen molar-refractivity contribution in [2.24, 2.45) is 5.41 Å². The Bertz CT molecular complexity index is 1040. The maximum atomic E-state index is 13.2. The molecule has 1 aliphatic rings. The summed E-state index contributed by atoms with van der Waals surface area (Å²) >= 11 is 0. The number of likely N-dealkylation sites (tertiary alicyclic amines) is 1. The van der Waals surface area contributed by atoms with E-state index in [0.29, 0.717) is 25.3 Å². The van der Waals surface area contributed by atoms with Gasteiger partial charge in [0.15, 0.2) is 0 Å². The Hall–Kier alpha value is -2.93. The zero-order valence-corrected chi connectivity index (χ0v) is 19.2. The molecule has 32 heavy (non-hydrogen) atoms. The van der Waals surface area contributed by atoms with Crippen LogP contribution in [0.15, 0.2) is 47.4 Å². The van der Waals surface area contributed by atoms with Gasteiger partial charge in [0.05, 0.1) is 24.0 Å². The van der Waals surface area contributed by atoms with Crippen LogP contribution in [-0.2, 0) is 29.0 Å². The van der Waals surface area contributed by atoms with E-state index in [0.717, 1.165) is 49.4 Å². The number of piperidine rings is 1. The SMILES string of the molecule is CCOC(=O)[C@]1(Cc2cc(-c3ccc(C)cc3)no2)CCCN(Cc2cncn2CC)C1. The van der Waals surface area contributed by atoms with Gasteiger partial charge in [-0.1, -0.05) is 35.0 Å². The normalized spacial score (nSPS) is 19.2. The van der Waals surface area contributed by atoms with E-state index in [-0.39, 0.29) is 5.97 Å². The maximum absolute atomic E-state index is 13.2. The second kappa shape index (κ2) is 9.69. The molecule has 0 radical (unpaired) electrons. The first kappa shape index (κ1) is 22.3. The Morgan fingerprint density at radius 1 is 1.25 bits per heavy atom. The van der Waals surface area contributed by atoms with Crippen LogP contribution in [0.3, 0.4) is 0 Å². The zero-order chi connectivity index (χ0) is 22.6. The fraction of sp³-hybridized carbons (Fsp3) is 0.480. The van der Waals surface area contributed by atoms with Gasteiger partial charge in [-0.3, -0.25) is 9.69 Å². The summed E-state index contributed by atoms with van der Waals surface area (Å²) in [6.07, 6.45) is 5.95. The van der Waals surface area contributed by atoms with Crippen molar-refractivity contribution in [2.75, 3.05) is 19.7 Å². The van der Waals surface area contributed by atoms with E-state index < -0.39 is 5.41 Å². The molecule has 7 heteroatoms. The number of carbonyl (C=O) groups excluding carboxylic acids is 1. The predicted octanol–water partition coefficient (Wildman–Crippen LogP) is 4.25. The molecular weight excluding hydrogens is 404 g/mol. The van der Waals surface area contributed by atoms with Gasteiger partial charge < -0.3 is 13.8 Å². The number of hydrogen-bond donors (Lipinski definition) is 0. The number of ether oxygens (including phenoxy) is 1. The number of nitrogens with zero attached hydrogens (tertiary/aromatic N) is 4. The minimum atomic E-state index is -0.643. The van der Waals surface area contributed by atoms with Gasteiger partial charge in [-0.25, -0.2) is 4.98 Å². The van der Waals surface area contributed by atoms with Crippen LogP contribution in [0.4, 0.5) is 0 Å². The van der Waals surface area contributed by atoms with Gasteiger partial charge in [0, 0.05) is 43.9 Å². The fourth-order valence-electron chi connectivity index (χ4n) is 4.61. The molecule has 0 spiro atoms. The van der Waals surface area contributed by atoms with E-state index in [2.05, 4.69) is 45.6 Å². The number of benzene rings is 1. The molecule has 1 atom stereocenters. The first-order valence-corrected chi connectivity index (χ1v) is 11.4. The molecule has 0 amide bonds. The molecule has 3 heterocycles. The highest BCUT2D eigenvalue weighted by atomic mass is 16.5. The lowest BCUT2D eigenvalue weighted by atomic mass is 9.76. The minimum Gasteiger partial charge on any atom is -0.466 e. The molecule has 1 saturated heterocycles. The first-order chi connectivity index (χ1) is 15.5. The average molecular weight is 437 g/mol. The van der Waals surface area contributed by atoms with Crippen LogP contribution in [-0.4, -0.2) is 45.3 Å². The van der Waals surface area contributed by atoms with Crippen LogP contribution < -0.4 is 0 Å². The molecule has 1 aliphatic heterocycles. The van der Waals surface area contributed by atoms with Gasteiger partial charge in [0.2, 0.25) is 0 Å². The van der Waals surface area contributed by atoms with Crippen LogP contribution in [0.2, 0.25) is 0 Å². The number of carbonyl (C=O) groups is 1. The molecule has 1 aromatic carbocycles. The van der Waals surface area contributed by atoms with Crippen LogP contribution in [0, 0.1) is 12.3 Å². The quantitative estimate of drug-likeness (QED) is 0.492. The highest BCUT2D eigenvalue weighted by Crippen LogP contribution is 2.36. The number of aromatic nitrogens is 3. The van der Waals surface area contributed by atoms with Gasteiger partial charge in [-0.2, -0.15) is 0 Å². The molecule has 4 rings (SSSR count). The third kappa shape index (κ3) is 4.78. The van der Waals surface area contributed by atoms with Gasteiger partial charge in [0.1, 0.15) is 11.5 Å². The van der Waals surface area contributed by atoms with Crippen LogP contribution in [0.25, 0.3) is 11.3 Å². The summed E-state index contributed by atoms with van der Waals surface area (Å²) in [4.78, 5) is 19.8. The van der Waals surface area contributed by atoms with E-state index in [1.54, 1.807) is 0 Å². The van der Waals surface area contributed by atoms with Crippen molar-refractivity contribution in [3.05, 3.63) is 59.9 Å². The number of rotatable bonds is 8. The van der Waals surface area contributed by atoms with E-state index in [1.165, 1.54) is 5.56 Å². The van der Waals surface area contributed by atoms with Crippen molar-refractivity contribution in [1.29, 1.82) is 0 Å². The van der Waals surface area contributed by atoms with Crippen LogP contribution in [0.1, 0.15) is 43.7 Å². The Morgan fingerprint density at radius 2 is 2.06 bits per heavy atom. The van der Waals surface area contributed by atoms with Crippen molar-refractivity contribution in [3.8, 4) is 11.3 Å². The fourth-order valence-corrected chi connectivity index (χ4v) is 4.61. The molecule has 170 valence electrons. The highest BCUT2D eigenvalue weighted by Gasteiger charge is 2.44. The van der Waals surface area contributed by atoms with E-state index in [1.807, 2.05) is 37.6 Å². The summed E-state index contributed by atoms with van der Waals surface area (Å²) in [5, 5.41) is 4.27. The van der Waals surface area contributed by atoms with Crippen molar-refractivity contribution in [3.63, 3.8) is 0 Å². The summed E-state index contributed by atoms with van der Waals surface area (Å²) < 4.78 is 13.4. The van der Waals surface area contributed by atoms with Crippen LogP contribution >= 0.6 is 0 Å². The lowest BCUT2D eigenvalue weighted by Gasteiger charge is -2.40. The second-order valence-electron chi connectivity index (χ2n) is 8.71. The first-order valence-electron chi connectivity index (χ1n) is 11.4. The number of imidazole rings is 1. The molecule has 0 N–H and O–H groups in total. The lowest BCUT2D eigenvalue weighted by Crippen LogP contribution is -2.49. The third-order valence-electron chi connectivity index (χ3n) is 6.31. The predicted molar refractivity (Wildman–Crippen MR) is 122 cm³/mol. The number of esters is 1. The molecule has 1 fully saturated rings. The Labute approximate surface area is 189 Å². The van der Waals surface area contributed by atoms with Crippen molar-refractivity contribution in [2.45, 2.75) is 53.1 Å². The van der Waals surface area contributed by atoms with Crippen molar-refractivity contribution in [1.82, 2.24) is 19.6 Å². The summed E-state index contributed by atoms with van der Waals surface area (Å²) in [5.41, 5.74) is 3.52. The minimum absolute atomic E-state index is 0.151. The second-order valence-corrected chi connectivity index (χ2v) is 8.71. The van der Waals surface area contributed by atoms with Gasteiger partial charge in [0.25, 0.3) is 0 Å². The standard InChI is InChI=1S/C25H32N4O3/c1-4-29-18-26-15-21(29)16-28-12-6-11-25(17-28,24(30)31-5-2)14-22-13-23(27-32-22)20-9-7-19(3)8-10-20/h7-10,13,15,18H,4-6,11-12,14,16-17H2,1-3H3/t25-/m0/s1. The number of aryl methyl sites for hydroxylation is 2. The largest absolute Gasteiger partial charge is 0.466 e. The smallest absolute Gasteiger partial charge is 0.313 e. The van der Waals surface area contributed by atoms with Crippen molar-refractivity contribution < 1.29 is 14.1 Å². The molecule has 0 unspecified atom stereocenters. The topological polar surface area (TPSA) is 73.4 Å². The summed E-state index contributed by atoms with van der Waals surface area (Å²) in [5.74, 6) is 0.566. The molecule has 7 nitrogen and oxygen atoms in total. The monoisotopic (exact) mass is 436 g/mol. The Morgan fingerprint density at radius 3 is 2.81 bits per heavy atom. The zero-order valence-electron chi connectivity index (χ0n) is 19.2. The van der Waals surface area contributed by atoms with Gasteiger partial charge in [-0.15, -0.1) is 0 Å². The van der Waals surface area contributed by atoms with Crippen LogP contribution in [0.5, 0.6) is 0 Å². The molecule has 0 bridgehead atoms. The summed E-state index contributed by atoms with van der Waals surface area (Å²) in [7, 11) is 0. The summed E-state index contributed by atoms with van der Waals surface area (Å²) in [6, 6.07) is 10.2. The maximum Gasteiger partial charge on any atom is 0.313 e. The molecule has 3 aromatic rings.